The zero-order chi connectivity index (χ0) is 11.1. The van der Waals surface area contributed by atoms with Crippen LogP contribution in [0.5, 0.6) is 0 Å². The van der Waals surface area contributed by atoms with Gasteiger partial charge in [0.2, 0.25) is 0 Å². The number of aryl methyl sites for hydroxylation is 2. The molecule has 0 amide bonds. The minimum atomic E-state index is 0.192. The van der Waals surface area contributed by atoms with E-state index in [9.17, 15) is 0 Å². The van der Waals surface area contributed by atoms with Crippen molar-refractivity contribution in [3.05, 3.63) is 34.9 Å². The maximum atomic E-state index is 6.51. The quantitative estimate of drug-likeness (QED) is 0.443. The Kier molecular flexibility index (Phi) is 2.81. The predicted molar refractivity (Wildman–Crippen MR) is 66.5 cm³/mol. The zero-order valence-electron chi connectivity index (χ0n) is 9.81. The molecule has 0 spiro atoms. The van der Waals surface area contributed by atoms with Gasteiger partial charge in [-0.15, -0.1) is 11.6 Å². The number of hydrogen-bond donors (Lipinski definition) is 0. The number of halogens is 1. The van der Waals surface area contributed by atoms with Gasteiger partial charge in [0, 0.05) is 0 Å². The number of fused-ring (bicyclic) bond motifs is 1. The van der Waals surface area contributed by atoms with Crippen molar-refractivity contribution in [1.29, 1.82) is 0 Å². The third kappa shape index (κ3) is 2.36. The van der Waals surface area contributed by atoms with Gasteiger partial charge in [0.25, 0.3) is 0 Å². The number of rotatable bonds is 0. The highest BCUT2D eigenvalue weighted by atomic mass is 35.5. The highest BCUT2D eigenvalue weighted by molar-refractivity contribution is 6.21. The number of alkyl halides is 1. The molecule has 1 atom stereocenters. The van der Waals surface area contributed by atoms with Crippen molar-refractivity contribution >= 4 is 11.6 Å². The SMILES string of the molecule is Cc1ccc2c(c1)C(Cl)CC(C)(C)CC2. The lowest BCUT2D eigenvalue weighted by Gasteiger charge is -2.23. The number of hydrogen-bond acceptors (Lipinski definition) is 0. The fraction of sp³-hybridized carbons (Fsp3) is 0.571. The Morgan fingerprint density at radius 3 is 2.80 bits per heavy atom. The first-order valence-corrected chi connectivity index (χ1v) is 6.15. The van der Waals surface area contributed by atoms with Crippen LogP contribution in [0.15, 0.2) is 18.2 Å². The zero-order valence-corrected chi connectivity index (χ0v) is 10.6. The van der Waals surface area contributed by atoms with Gasteiger partial charge in [-0.2, -0.15) is 0 Å². The maximum Gasteiger partial charge on any atom is 0.0593 e. The van der Waals surface area contributed by atoms with E-state index in [1.165, 1.54) is 29.5 Å². The molecule has 0 heterocycles. The lowest BCUT2D eigenvalue weighted by molar-refractivity contribution is 0.313. The Morgan fingerprint density at radius 2 is 2.07 bits per heavy atom. The molecule has 1 aliphatic rings. The predicted octanol–water partition coefficient (Wildman–Crippen LogP) is 4.64. The van der Waals surface area contributed by atoms with Gasteiger partial charge in [0.1, 0.15) is 0 Å². The summed E-state index contributed by atoms with van der Waals surface area (Å²) < 4.78 is 0. The third-order valence-corrected chi connectivity index (χ3v) is 3.83. The molecule has 1 aromatic rings. The van der Waals surface area contributed by atoms with Crippen LogP contribution >= 0.6 is 11.6 Å². The van der Waals surface area contributed by atoms with E-state index in [1.807, 2.05) is 0 Å². The Hall–Kier alpha value is -0.490. The Morgan fingerprint density at radius 1 is 1.33 bits per heavy atom. The summed E-state index contributed by atoms with van der Waals surface area (Å²) in [6.07, 6.45) is 3.50. The van der Waals surface area contributed by atoms with Gasteiger partial charge in [-0.1, -0.05) is 37.6 Å². The minimum absolute atomic E-state index is 0.192. The summed E-state index contributed by atoms with van der Waals surface area (Å²) in [5.41, 5.74) is 4.51. The van der Waals surface area contributed by atoms with Crippen molar-refractivity contribution in [2.45, 2.75) is 45.4 Å². The summed E-state index contributed by atoms with van der Waals surface area (Å²) in [6.45, 7) is 6.78. The van der Waals surface area contributed by atoms with Crippen LogP contribution in [-0.4, -0.2) is 0 Å². The molecular formula is C14H19Cl. The van der Waals surface area contributed by atoms with Gasteiger partial charge in [-0.3, -0.25) is 0 Å². The van der Waals surface area contributed by atoms with Crippen molar-refractivity contribution < 1.29 is 0 Å². The minimum Gasteiger partial charge on any atom is -0.118 e. The van der Waals surface area contributed by atoms with Gasteiger partial charge in [-0.25, -0.2) is 0 Å². The highest BCUT2D eigenvalue weighted by Crippen LogP contribution is 2.42. The van der Waals surface area contributed by atoms with Crippen LogP contribution in [0.1, 0.15) is 48.8 Å². The first-order chi connectivity index (χ1) is 6.98. The smallest absolute Gasteiger partial charge is 0.0593 e. The van der Waals surface area contributed by atoms with Crippen molar-refractivity contribution in [3.63, 3.8) is 0 Å². The second-order valence-corrected chi connectivity index (χ2v) is 6.06. The second-order valence-electron chi connectivity index (χ2n) is 5.54. The van der Waals surface area contributed by atoms with Crippen LogP contribution in [-0.2, 0) is 6.42 Å². The molecular weight excluding hydrogens is 204 g/mol. The average molecular weight is 223 g/mol. The Labute approximate surface area is 97.6 Å². The molecule has 1 heteroatoms. The van der Waals surface area contributed by atoms with E-state index in [4.69, 9.17) is 11.6 Å². The van der Waals surface area contributed by atoms with E-state index >= 15 is 0 Å². The van der Waals surface area contributed by atoms with Crippen molar-refractivity contribution in [2.75, 3.05) is 0 Å². The van der Waals surface area contributed by atoms with E-state index in [-0.39, 0.29) is 5.38 Å². The lowest BCUT2D eigenvalue weighted by atomic mass is 9.84. The van der Waals surface area contributed by atoms with Gasteiger partial charge in [0.15, 0.2) is 0 Å². The molecule has 1 unspecified atom stereocenters. The van der Waals surface area contributed by atoms with Crippen LogP contribution in [0.3, 0.4) is 0 Å². The van der Waals surface area contributed by atoms with Crippen LogP contribution in [0.2, 0.25) is 0 Å². The fourth-order valence-electron chi connectivity index (χ4n) is 2.40. The van der Waals surface area contributed by atoms with Crippen LogP contribution < -0.4 is 0 Å². The number of benzene rings is 1. The molecule has 0 saturated carbocycles. The normalized spacial score (nSPS) is 24.4. The van der Waals surface area contributed by atoms with Crippen LogP contribution in [0, 0.1) is 12.3 Å². The monoisotopic (exact) mass is 222 g/mol. The molecule has 0 radical (unpaired) electrons. The second kappa shape index (κ2) is 3.83. The molecule has 1 aromatic carbocycles. The van der Waals surface area contributed by atoms with Gasteiger partial charge >= 0.3 is 0 Å². The highest BCUT2D eigenvalue weighted by Gasteiger charge is 2.28. The van der Waals surface area contributed by atoms with E-state index in [0.29, 0.717) is 5.41 Å². The van der Waals surface area contributed by atoms with Gasteiger partial charge in [-0.05, 0) is 42.7 Å². The molecule has 0 fully saturated rings. The lowest BCUT2D eigenvalue weighted by Crippen LogP contribution is -2.11. The van der Waals surface area contributed by atoms with E-state index in [1.54, 1.807) is 0 Å². The molecule has 0 nitrogen and oxygen atoms in total. The van der Waals surface area contributed by atoms with E-state index < -0.39 is 0 Å². The van der Waals surface area contributed by atoms with Gasteiger partial charge in [0.05, 0.1) is 5.38 Å². The molecule has 1 aliphatic carbocycles. The molecule has 0 bridgehead atoms. The summed E-state index contributed by atoms with van der Waals surface area (Å²) in [6, 6.07) is 6.70. The molecule has 0 aromatic heterocycles. The van der Waals surface area contributed by atoms with Crippen molar-refractivity contribution in [3.8, 4) is 0 Å². The molecule has 2 rings (SSSR count). The average Bonchev–Trinajstić information content (AvgIpc) is 2.24. The Bertz CT molecular complexity index is 366. The largest absolute Gasteiger partial charge is 0.118 e. The fourth-order valence-corrected chi connectivity index (χ4v) is 3.02. The van der Waals surface area contributed by atoms with E-state index in [2.05, 4.69) is 39.0 Å². The molecule has 0 aliphatic heterocycles. The van der Waals surface area contributed by atoms with E-state index in [0.717, 1.165) is 6.42 Å². The summed E-state index contributed by atoms with van der Waals surface area (Å²) >= 11 is 6.51. The maximum absolute atomic E-state index is 6.51. The van der Waals surface area contributed by atoms with Gasteiger partial charge < -0.3 is 0 Å². The molecule has 0 saturated heterocycles. The summed E-state index contributed by atoms with van der Waals surface area (Å²) in [7, 11) is 0. The van der Waals surface area contributed by atoms with Crippen molar-refractivity contribution in [2.24, 2.45) is 5.41 Å². The molecule has 0 N–H and O–H groups in total. The molecule has 15 heavy (non-hydrogen) atoms. The van der Waals surface area contributed by atoms with Crippen LogP contribution in [0.25, 0.3) is 0 Å². The summed E-state index contributed by atoms with van der Waals surface area (Å²) in [4.78, 5) is 0. The van der Waals surface area contributed by atoms with Crippen LogP contribution in [0.4, 0.5) is 0 Å². The van der Waals surface area contributed by atoms with Crippen molar-refractivity contribution in [1.82, 2.24) is 0 Å². The first-order valence-electron chi connectivity index (χ1n) is 5.71. The molecule has 82 valence electrons. The topological polar surface area (TPSA) is 0 Å². The summed E-state index contributed by atoms with van der Waals surface area (Å²) in [5, 5.41) is 0.192. The third-order valence-electron chi connectivity index (χ3n) is 3.44. The standard InChI is InChI=1S/C14H19Cl/c1-10-4-5-11-6-7-14(2,3)9-13(15)12(11)8-10/h4-5,8,13H,6-7,9H2,1-3H3. The Balaban J connectivity index is 2.40. The first kappa shape index (κ1) is 11.0. The summed E-state index contributed by atoms with van der Waals surface area (Å²) in [5.74, 6) is 0.